The highest BCUT2D eigenvalue weighted by Gasteiger charge is 2.48. The normalized spacial score (nSPS) is 16.2. The van der Waals surface area contributed by atoms with Crippen LogP contribution in [-0.2, 0) is 25.4 Å². The SMILES string of the molecule is CCCCc1ccc2c3[n+](ccc2c1)CC(C(C)c1ccc2ccccc2c1-c1cccc[n+]1C)C(CC)(CC)c1ccccc1-3. The molecule has 0 radical (unpaired) electrons. The standard InChI is InChI=1S/C44H48N2/c1-6-9-16-32-22-24-37-34(29-32)26-28-46-30-40(44(7-2,8-3)39-20-13-12-19-38(39)43(37)46)31(4)35-25-23-33-17-10-11-18-36(33)42(35)41-21-14-15-27-45(41)5/h10-15,17-29,31,40H,6-9,16,30H2,1-5H3/q+2. The van der Waals surface area contributed by atoms with Crippen LogP contribution in [0.25, 0.3) is 44.1 Å². The van der Waals surface area contributed by atoms with Crippen LogP contribution in [0.1, 0.15) is 76.0 Å². The molecule has 4 aromatic carbocycles. The highest BCUT2D eigenvalue weighted by Crippen LogP contribution is 2.52. The molecule has 46 heavy (non-hydrogen) atoms. The Morgan fingerprint density at radius 1 is 0.761 bits per heavy atom. The molecule has 0 N–H and O–H groups in total. The Morgan fingerprint density at radius 2 is 1.54 bits per heavy atom. The number of aromatic nitrogens is 2. The maximum Gasteiger partial charge on any atom is 0.220 e. The van der Waals surface area contributed by atoms with E-state index < -0.39 is 0 Å². The minimum atomic E-state index is 0.0250. The molecule has 0 saturated heterocycles. The molecule has 3 heterocycles. The molecular formula is C44H48N2+2. The number of rotatable bonds is 8. The van der Waals surface area contributed by atoms with Gasteiger partial charge in [0.15, 0.2) is 18.9 Å². The lowest BCUT2D eigenvalue weighted by atomic mass is 9.60. The molecular weight excluding hydrogens is 556 g/mol. The van der Waals surface area contributed by atoms with Crippen molar-refractivity contribution in [3.63, 3.8) is 0 Å². The number of aryl methyl sites for hydroxylation is 2. The fraction of sp³-hybridized carbons (Fsp3) is 0.318. The van der Waals surface area contributed by atoms with Crippen LogP contribution in [0, 0.1) is 5.92 Å². The van der Waals surface area contributed by atoms with E-state index in [0.29, 0.717) is 11.8 Å². The van der Waals surface area contributed by atoms with Crippen LogP contribution in [0.4, 0.5) is 0 Å². The fourth-order valence-corrected chi connectivity index (χ4v) is 8.81. The van der Waals surface area contributed by atoms with E-state index in [4.69, 9.17) is 0 Å². The molecule has 0 amide bonds. The first kappa shape index (κ1) is 30.4. The minimum Gasteiger partial charge on any atom is -0.201 e. The van der Waals surface area contributed by atoms with E-state index in [0.717, 1.165) is 25.8 Å². The van der Waals surface area contributed by atoms with E-state index >= 15 is 0 Å². The van der Waals surface area contributed by atoms with Crippen LogP contribution in [0.15, 0.2) is 116 Å². The summed E-state index contributed by atoms with van der Waals surface area (Å²) in [4.78, 5) is 0. The number of fused-ring (bicyclic) bond motifs is 6. The molecule has 0 fully saturated rings. The predicted octanol–water partition coefficient (Wildman–Crippen LogP) is 10.3. The predicted molar refractivity (Wildman–Crippen MR) is 193 cm³/mol. The van der Waals surface area contributed by atoms with Crippen LogP contribution in [0.5, 0.6) is 0 Å². The zero-order valence-corrected chi connectivity index (χ0v) is 28.3. The molecule has 0 bridgehead atoms. The molecule has 2 atom stereocenters. The quantitative estimate of drug-likeness (QED) is 0.153. The number of benzene rings is 4. The summed E-state index contributed by atoms with van der Waals surface area (Å²) in [7, 11) is 2.18. The highest BCUT2D eigenvalue weighted by atomic mass is 15.0. The third-order valence-corrected chi connectivity index (χ3v) is 11.4. The fourth-order valence-electron chi connectivity index (χ4n) is 8.81. The molecule has 2 heteroatoms. The van der Waals surface area contributed by atoms with Crippen molar-refractivity contribution >= 4 is 21.5 Å². The van der Waals surface area contributed by atoms with Gasteiger partial charge in [0.25, 0.3) is 0 Å². The highest BCUT2D eigenvalue weighted by molar-refractivity contribution is 5.97. The topological polar surface area (TPSA) is 7.76 Å². The maximum absolute atomic E-state index is 2.60. The van der Waals surface area contributed by atoms with Crippen molar-refractivity contribution in [1.82, 2.24) is 0 Å². The molecule has 232 valence electrons. The number of nitrogens with zero attached hydrogens (tertiary/aromatic N) is 2. The average Bonchev–Trinajstić information content (AvgIpc) is 3.23. The summed E-state index contributed by atoms with van der Waals surface area (Å²) >= 11 is 0. The second-order valence-corrected chi connectivity index (χ2v) is 13.6. The first-order valence-electron chi connectivity index (χ1n) is 17.5. The zero-order valence-electron chi connectivity index (χ0n) is 28.3. The van der Waals surface area contributed by atoms with E-state index in [2.05, 4.69) is 159 Å². The van der Waals surface area contributed by atoms with Crippen LogP contribution in [0.2, 0.25) is 0 Å². The van der Waals surface area contributed by atoms with Crippen molar-refractivity contribution < 1.29 is 9.13 Å². The van der Waals surface area contributed by atoms with E-state index in [1.54, 1.807) is 0 Å². The van der Waals surface area contributed by atoms with Crippen molar-refractivity contribution in [2.75, 3.05) is 0 Å². The molecule has 2 unspecified atom stereocenters. The van der Waals surface area contributed by atoms with Gasteiger partial charge in [-0.25, -0.2) is 4.57 Å². The molecule has 0 saturated carbocycles. The summed E-state index contributed by atoms with van der Waals surface area (Å²) in [6.07, 6.45) is 10.4. The minimum absolute atomic E-state index is 0.0250. The van der Waals surface area contributed by atoms with Gasteiger partial charge >= 0.3 is 0 Å². The van der Waals surface area contributed by atoms with Crippen molar-refractivity contribution in [3.05, 3.63) is 132 Å². The second kappa shape index (κ2) is 12.5. The first-order valence-corrected chi connectivity index (χ1v) is 17.5. The smallest absolute Gasteiger partial charge is 0.201 e. The van der Waals surface area contributed by atoms with Crippen molar-refractivity contribution in [1.29, 1.82) is 0 Å². The molecule has 0 spiro atoms. The summed E-state index contributed by atoms with van der Waals surface area (Å²) < 4.78 is 4.89. The molecule has 1 aliphatic heterocycles. The van der Waals surface area contributed by atoms with Gasteiger partial charge in [-0.1, -0.05) is 101 Å². The maximum atomic E-state index is 2.60. The number of hydrogen-bond acceptors (Lipinski definition) is 0. The Bertz CT molecular complexity index is 2030. The van der Waals surface area contributed by atoms with Gasteiger partial charge in [-0.05, 0) is 82.6 Å². The van der Waals surface area contributed by atoms with Crippen molar-refractivity contribution in [3.8, 4) is 22.5 Å². The van der Waals surface area contributed by atoms with Gasteiger partial charge < -0.3 is 0 Å². The van der Waals surface area contributed by atoms with Crippen LogP contribution in [0.3, 0.4) is 0 Å². The largest absolute Gasteiger partial charge is 0.220 e. The molecule has 6 aromatic rings. The van der Waals surface area contributed by atoms with Crippen molar-refractivity contribution in [2.45, 2.75) is 77.7 Å². The van der Waals surface area contributed by atoms with E-state index in [1.807, 2.05) is 0 Å². The van der Waals surface area contributed by atoms with Gasteiger partial charge in [-0.3, -0.25) is 0 Å². The Labute approximate surface area is 275 Å². The molecule has 2 aromatic heterocycles. The van der Waals surface area contributed by atoms with Gasteiger partial charge in [-0.15, -0.1) is 0 Å². The van der Waals surface area contributed by atoms with Gasteiger partial charge in [-0.2, -0.15) is 4.57 Å². The Balaban J connectivity index is 1.47. The monoisotopic (exact) mass is 604 g/mol. The summed E-state index contributed by atoms with van der Waals surface area (Å²) in [5, 5.41) is 5.35. The Kier molecular flexibility index (Phi) is 8.24. The lowest BCUT2D eigenvalue weighted by molar-refractivity contribution is -0.692. The number of hydrogen-bond donors (Lipinski definition) is 0. The number of unbranched alkanes of at least 4 members (excludes halogenated alkanes) is 1. The molecule has 7 rings (SSSR count). The van der Waals surface area contributed by atoms with E-state index in [9.17, 15) is 0 Å². The first-order chi connectivity index (χ1) is 22.5. The third-order valence-electron chi connectivity index (χ3n) is 11.4. The van der Waals surface area contributed by atoms with Gasteiger partial charge in [0.1, 0.15) is 7.05 Å². The lowest BCUT2D eigenvalue weighted by Gasteiger charge is -2.42. The van der Waals surface area contributed by atoms with Crippen molar-refractivity contribution in [2.24, 2.45) is 13.0 Å². The van der Waals surface area contributed by atoms with E-state index in [1.165, 1.54) is 73.6 Å². The summed E-state index contributed by atoms with van der Waals surface area (Å²) in [5.74, 6) is 0.712. The molecule has 0 aliphatic carbocycles. The summed E-state index contributed by atoms with van der Waals surface area (Å²) in [6, 6.07) is 39.3. The Morgan fingerprint density at radius 3 is 2.35 bits per heavy atom. The summed E-state index contributed by atoms with van der Waals surface area (Å²) in [5.41, 5.74) is 9.85. The van der Waals surface area contributed by atoms with Gasteiger partial charge in [0.2, 0.25) is 11.4 Å². The Hall–Kier alpha value is -4.30. The summed E-state index contributed by atoms with van der Waals surface area (Å²) in [6.45, 7) is 10.6. The van der Waals surface area contributed by atoms with Gasteiger partial charge in [0.05, 0.1) is 16.5 Å². The van der Waals surface area contributed by atoms with Crippen LogP contribution in [-0.4, -0.2) is 0 Å². The average molecular weight is 605 g/mol. The van der Waals surface area contributed by atoms with Gasteiger partial charge in [0, 0.05) is 29.5 Å². The van der Waals surface area contributed by atoms with Crippen LogP contribution >= 0.6 is 0 Å². The zero-order chi connectivity index (χ0) is 31.8. The lowest BCUT2D eigenvalue weighted by Crippen LogP contribution is -2.46. The second-order valence-electron chi connectivity index (χ2n) is 13.6. The molecule has 1 aliphatic rings. The number of pyridine rings is 2. The van der Waals surface area contributed by atoms with Crippen LogP contribution < -0.4 is 9.13 Å². The molecule has 2 nitrogen and oxygen atoms in total. The third kappa shape index (κ3) is 4.94. The van der Waals surface area contributed by atoms with E-state index in [-0.39, 0.29) is 5.41 Å².